The Morgan fingerprint density at radius 3 is 2.85 bits per heavy atom. The number of hydrogen-bond donors (Lipinski definition) is 1. The van der Waals surface area contributed by atoms with E-state index >= 15 is 0 Å². The van der Waals surface area contributed by atoms with Gasteiger partial charge in [-0.15, -0.1) is 12.3 Å². The van der Waals surface area contributed by atoms with Crippen LogP contribution in [0.4, 0.5) is 0 Å². The van der Waals surface area contributed by atoms with Crippen LogP contribution in [-0.4, -0.2) is 12.6 Å². The molecule has 2 fully saturated rings. The molecule has 3 unspecified atom stereocenters. The number of unbranched alkanes of at least 4 members (excludes halogenated alkanes) is 1. The molecule has 0 amide bonds. The Kier molecular flexibility index (Phi) is 2.90. The second-order valence-corrected chi connectivity index (χ2v) is 4.54. The second kappa shape index (κ2) is 4.15. The predicted molar refractivity (Wildman–Crippen MR) is 55.3 cm³/mol. The second-order valence-electron chi connectivity index (χ2n) is 4.54. The summed E-state index contributed by atoms with van der Waals surface area (Å²) >= 11 is 0. The van der Waals surface area contributed by atoms with Gasteiger partial charge in [0.25, 0.3) is 0 Å². The van der Waals surface area contributed by atoms with Crippen molar-refractivity contribution in [1.82, 2.24) is 5.32 Å². The third-order valence-electron chi connectivity index (χ3n) is 3.64. The molecule has 0 aromatic carbocycles. The van der Waals surface area contributed by atoms with Crippen LogP contribution >= 0.6 is 0 Å². The zero-order valence-corrected chi connectivity index (χ0v) is 8.26. The normalized spacial score (nSPS) is 36.4. The Morgan fingerprint density at radius 2 is 2.23 bits per heavy atom. The molecule has 0 aromatic heterocycles. The van der Waals surface area contributed by atoms with Crippen molar-refractivity contribution in [2.75, 3.05) is 6.54 Å². The van der Waals surface area contributed by atoms with Crippen LogP contribution in [0.5, 0.6) is 0 Å². The fraction of sp³-hybridized carbons (Fsp3) is 0.833. The van der Waals surface area contributed by atoms with Gasteiger partial charge in [-0.05, 0) is 44.1 Å². The topological polar surface area (TPSA) is 12.0 Å². The maximum absolute atomic E-state index is 5.21. The molecule has 0 aromatic rings. The summed E-state index contributed by atoms with van der Waals surface area (Å²) in [6.07, 6.45) is 13.2. The predicted octanol–water partition coefficient (Wildman–Crippen LogP) is 2.18. The first-order chi connectivity index (χ1) is 6.40. The van der Waals surface area contributed by atoms with E-state index in [1.54, 1.807) is 0 Å². The maximum atomic E-state index is 5.21. The molecule has 2 aliphatic carbocycles. The highest BCUT2D eigenvalue weighted by Crippen LogP contribution is 2.44. The minimum atomic E-state index is 0.830. The van der Waals surface area contributed by atoms with Crippen LogP contribution in [0.2, 0.25) is 0 Å². The maximum Gasteiger partial charge on any atom is 0.00981 e. The third-order valence-corrected chi connectivity index (χ3v) is 3.64. The van der Waals surface area contributed by atoms with E-state index in [1.165, 1.54) is 25.7 Å². The molecule has 0 radical (unpaired) electrons. The van der Waals surface area contributed by atoms with Gasteiger partial charge >= 0.3 is 0 Å². The molecule has 0 aliphatic heterocycles. The lowest BCUT2D eigenvalue weighted by Crippen LogP contribution is -2.34. The number of terminal acetylenes is 1. The van der Waals surface area contributed by atoms with E-state index < -0.39 is 0 Å². The van der Waals surface area contributed by atoms with Gasteiger partial charge in [0.15, 0.2) is 0 Å². The molecule has 13 heavy (non-hydrogen) atoms. The summed E-state index contributed by atoms with van der Waals surface area (Å²) in [7, 11) is 0. The van der Waals surface area contributed by atoms with Gasteiger partial charge in [0, 0.05) is 12.5 Å². The lowest BCUT2D eigenvalue weighted by atomic mass is 9.95. The summed E-state index contributed by atoms with van der Waals surface area (Å²) in [4.78, 5) is 0. The molecule has 2 saturated carbocycles. The van der Waals surface area contributed by atoms with Crippen molar-refractivity contribution in [3.63, 3.8) is 0 Å². The molecular weight excluding hydrogens is 158 g/mol. The average molecular weight is 177 g/mol. The summed E-state index contributed by atoms with van der Waals surface area (Å²) in [6, 6.07) is 0.830. The van der Waals surface area contributed by atoms with Crippen LogP contribution in [0.1, 0.15) is 38.5 Å². The van der Waals surface area contributed by atoms with Gasteiger partial charge in [0.05, 0.1) is 0 Å². The van der Waals surface area contributed by atoms with E-state index in [2.05, 4.69) is 11.2 Å². The third kappa shape index (κ3) is 2.06. The van der Waals surface area contributed by atoms with Crippen molar-refractivity contribution in [3.05, 3.63) is 0 Å². The Hall–Kier alpha value is -0.480. The molecule has 1 N–H and O–H groups in total. The summed E-state index contributed by atoms with van der Waals surface area (Å²) in [5.74, 6) is 4.73. The quantitative estimate of drug-likeness (QED) is 0.512. The average Bonchev–Trinajstić information content (AvgIpc) is 2.73. The van der Waals surface area contributed by atoms with E-state index in [-0.39, 0.29) is 0 Å². The van der Waals surface area contributed by atoms with Crippen molar-refractivity contribution in [2.24, 2.45) is 11.8 Å². The largest absolute Gasteiger partial charge is 0.314 e. The highest BCUT2D eigenvalue weighted by atomic mass is 14.9. The minimum Gasteiger partial charge on any atom is -0.314 e. The van der Waals surface area contributed by atoms with Gasteiger partial charge in [-0.2, -0.15) is 0 Å². The fourth-order valence-electron chi connectivity index (χ4n) is 2.97. The van der Waals surface area contributed by atoms with E-state index in [0.29, 0.717) is 0 Å². The van der Waals surface area contributed by atoms with Gasteiger partial charge in [-0.3, -0.25) is 0 Å². The minimum absolute atomic E-state index is 0.830. The molecule has 0 spiro atoms. The summed E-state index contributed by atoms with van der Waals surface area (Å²) < 4.78 is 0. The number of rotatable bonds is 4. The van der Waals surface area contributed by atoms with Crippen molar-refractivity contribution in [1.29, 1.82) is 0 Å². The van der Waals surface area contributed by atoms with E-state index in [0.717, 1.165) is 37.3 Å². The first kappa shape index (κ1) is 9.09. The molecular formula is C12H19N. The molecule has 72 valence electrons. The SMILES string of the molecule is C#CCCCNC1CC2CCC1C2. The van der Waals surface area contributed by atoms with Crippen LogP contribution < -0.4 is 5.32 Å². The van der Waals surface area contributed by atoms with Gasteiger partial charge in [-0.25, -0.2) is 0 Å². The fourth-order valence-corrected chi connectivity index (χ4v) is 2.97. The standard InChI is InChI=1S/C12H19N/c1-2-3-4-7-13-12-9-10-5-6-11(12)8-10/h1,10-13H,3-9H2. The highest BCUT2D eigenvalue weighted by molar-refractivity contribution is 4.94. The summed E-state index contributed by atoms with van der Waals surface area (Å²) in [5, 5.41) is 3.65. The monoisotopic (exact) mass is 177 g/mol. The number of fused-ring (bicyclic) bond motifs is 2. The van der Waals surface area contributed by atoms with E-state index in [1.807, 2.05) is 0 Å². The first-order valence-corrected chi connectivity index (χ1v) is 5.57. The molecule has 2 rings (SSSR count). The molecule has 0 heterocycles. The number of nitrogens with one attached hydrogen (secondary N) is 1. The van der Waals surface area contributed by atoms with Crippen molar-refractivity contribution < 1.29 is 0 Å². The Morgan fingerprint density at radius 1 is 1.31 bits per heavy atom. The first-order valence-electron chi connectivity index (χ1n) is 5.57. The van der Waals surface area contributed by atoms with Gasteiger partial charge < -0.3 is 5.32 Å². The lowest BCUT2D eigenvalue weighted by molar-refractivity contribution is 0.351. The molecule has 2 bridgehead atoms. The molecule has 3 atom stereocenters. The Labute approximate surface area is 81.3 Å². The lowest BCUT2D eigenvalue weighted by Gasteiger charge is -2.22. The zero-order chi connectivity index (χ0) is 9.10. The smallest absolute Gasteiger partial charge is 0.00981 e. The number of hydrogen-bond acceptors (Lipinski definition) is 1. The molecule has 1 nitrogen and oxygen atoms in total. The van der Waals surface area contributed by atoms with Crippen molar-refractivity contribution in [2.45, 2.75) is 44.6 Å². The van der Waals surface area contributed by atoms with Gasteiger partial charge in [-0.1, -0.05) is 6.42 Å². The van der Waals surface area contributed by atoms with E-state index in [4.69, 9.17) is 6.42 Å². The van der Waals surface area contributed by atoms with Crippen LogP contribution in [0.3, 0.4) is 0 Å². The van der Waals surface area contributed by atoms with Gasteiger partial charge in [0.1, 0.15) is 0 Å². The highest BCUT2D eigenvalue weighted by Gasteiger charge is 2.38. The van der Waals surface area contributed by atoms with Gasteiger partial charge in [0.2, 0.25) is 0 Å². The van der Waals surface area contributed by atoms with Crippen molar-refractivity contribution in [3.8, 4) is 12.3 Å². The Balaban J connectivity index is 1.64. The van der Waals surface area contributed by atoms with Crippen LogP contribution in [-0.2, 0) is 0 Å². The Bertz CT molecular complexity index is 204. The van der Waals surface area contributed by atoms with Crippen LogP contribution in [0, 0.1) is 24.2 Å². The summed E-state index contributed by atoms with van der Waals surface area (Å²) in [5.41, 5.74) is 0. The molecule has 2 aliphatic rings. The zero-order valence-electron chi connectivity index (χ0n) is 8.26. The van der Waals surface area contributed by atoms with E-state index in [9.17, 15) is 0 Å². The molecule has 0 saturated heterocycles. The van der Waals surface area contributed by atoms with Crippen LogP contribution in [0.25, 0.3) is 0 Å². The van der Waals surface area contributed by atoms with Crippen molar-refractivity contribution >= 4 is 0 Å². The van der Waals surface area contributed by atoms with Crippen LogP contribution in [0.15, 0.2) is 0 Å². The summed E-state index contributed by atoms with van der Waals surface area (Å²) in [6.45, 7) is 1.12. The molecule has 1 heteroatoms.